The molecule has 4 nitrogen and oxygen atoms in total. The summed E-state index contributed by atoms with van der Waals surface area (Å²) in [5.41, 5.74) is 4.26. The third-order valence-corrected chi connectivity index (χ3v) is 4.53. The first-order valence-corrected chi connectivity index (χ1v) is 9.13. The molecule has 0 bridgehead atoms. The van der Waals surface area contributed by atoms with E-state index in [1.165, 1.54) is 5.56 Å². The van der Waals surface area contributed by atoms with E-state index in [0.29, 0.717) is 17.3 Å². The monoisotopic (exact) mass is 379 g/mol. The molecular weight excluding hydrogens is 358 g/mol. The molecule has 3 rings (SSSR count). The standard InChI is InChI=1S/C22H22ClN3O/c1-26(2)15-16-7-5-9-17(13-16)19-10-6-12-24-21(19)22(27)25-14-18-8-3-4-11-20(18)23/h3-13H,14-15H2,1-2H3,(H,25,27). The van der Waals surface area contributed by atoms with Crippen molar-refractivity contribution in [3.05, 3.63) is 88.7 Å². The van der Waals surface area contributed by atoms with Gasteiger partial charge in [-0.3, -0.25) is 9.78 Å². The molecule has 27 heavy (non-hydrogen) atoms. The van der Waals surface area contributed by atoms with Gasteiger partial charge in [-0.2, -0.15) is 0 Å². The molecule has 0 aliphatic rings. The van der Waals surface area contributed by atoms with Crippen LogP contribution in [0.25, 0.3) is 11.1 Å². The average molecular weight is 380 g/mol. The molecule has 0 atom stereocenters. The van der Waals surface area contributed by atoms with E-state index in [2.05, 4.69) is 27.3 Å². The van der Waals surface area contributed by atoms with Crippen LogP contribution in [0.2, 0.25) is 5.02 Å². The van der Waals surface area contributed by atoms with E-state index in [1.807, 2.05) is 62.6 Å². The summed E-state index contributed by atoms with van der Waals surface area (Å²) in [4.78, 5) is 19.2. The minimum atomic E-state index is -0.219. The number of hydrogen-bond donors (Lipinski definition) is 1. The van der Waals surface area contributed by atoms with Crippen LogP contribution in [0.15, 0.2) is 66.9 Å². The lowest BCUT2D eigenvalue weighted by molar-refractivity contribution is 0.0946. The molecule has 1 amide bonds. The fourth-order valence-electron chi connectivity index (χ4n) is 2.92. The lowest BCUT2D eigenvalue weighted by Gasteiger charge is -2.13. The van der Waals surface area contributed by atoms with Crippen LogP contribution in [0, 0.1) is 0 Å². The zero-order chi connectivity index (χ0) is 19.2. The third-order valence-electron chi connectivity index (χ3n) is 4.16. The van der Waals surface area contributed by atoms with Crippen LogP contribution in [0.5, 0.6) is 0 Å². The maximum absolute atomic E-state index is 12.8. The van der Waals surface area contributed by atoms with Gasteiger partial charge in [0.05, 0.1) is 0 Å². The molecule has 1 aromatic heterocycles. The molecule has 1 heterocycles. The predicted octanol–water partition coefficient (Wildman–Crippen LogP) is 4.39. The molecule has 0 spiro atoms. The number of amides is 1. The summed E-state index contributed by atoms with van der Waals surface area (Å²) < 4.78 is 0. The number of hydrogen-bond acceptors (Lipinski definition) is 3. The Morgan fingerprint density at radius 2 is 1.89 bits per heavy atom. The maximum atomic E-state index is 12.8. The van der Waals surface area contributed by atoms with Crippen molar-refractivity contribution >= 4 is 17.5 Å². The molecule has 0 saturated carbocycles. The Kier molecular flexibility index (Phi) is 6.22. The van der Waals surface area contributed by atoms with Crippen molar-refractivity contribution in [1.82, 2.24) is 15.2 Å². The molecule has 0 fully saturated rings. The lowest BCUT2D eigenvalue weighted by atomic mass is 10.0. The number of carbonyl (C=O) groups is 1. The molecule has 5 heteroatoms. The molecule has 0 unspecified atom stereocenters. The summed E-state index contributed by atoms with van der Waals surface area (Å²) in [5.74, 6) is -0.219. The molecule has 0 radical (unpaired) electrons. The lowest BCUT2D eigenvalue weighted by Crippen LogP contribution is -2.24. The topological polar surface area (TPSA) is 45.2 Å². The highest BCUT2D eigenvalue weighted by Gasteiger charge is 2.15. The molecular formula is C22H22ClN3O. The Balaban J connectivity index is 1.83. The van der Waals surface area contributed by atoms with Gasteiger partial charge in [-0.05, 0) is 49.0 Å². The predicted molar refractivity (Wildman–Crippen MR) is 110 cm³/mol. The zero-order valence-corrected chi connectivity index (χ0v) is 16.2. The second-order valence-corrected chi connectivity index (χ2v) is 7.02. The quantitative estimate of drug-likeness (QED) is 0.690. The largest absolute Gasteiger partial charge is 0.347 e. The minimum Gasteiger partial charge on any atom is -0.347 e. The normalized spacial score (nSPS) is 10.8. The van der Waals surface area contributed by atoms with Gasteiger partial charge < -0.3 is 10.2 Å². The first-order valence-electron chi connectivity index (χ1n) is 8.75. The average Bonchev–Trinajstić information content (AvgIpc) is 2.67. The third kappa shape index (κ3) is 4.94. The molecule has 3 aromatic rings. The van der Waals surface area contributed by atoms with Gasteiger partial charge in [-0.25, -0.2) is 0 Å². The van der Waals surface area contributed by atoms with Gasteiger partial charge in [-0.15, -0.1) is 0 Å². The van der Waals surface area contributed by atoms with E-state index in [-0.39, 0.29) is 5.91 Å². The number of carbonyl (C=O) groups excluding carboxylic acids is 1. The van der Waals surface area contributed by atoms with Crippen LogP contribution in [-0.4, -0.2) is 29.9 Å². The summed E-state index contributed by atoms with van der Waals surface area (Å²) in [6.45, 7) is 1.19. The fourth-order valence-corrected chi connectivity index (χ4v) is 3.13. The Labute approximate surface area is 164 Å². The second-order valence-electron chi connectivity index (χ2n) is 6.61. The summed E-state index contributed by atoms with van der Waals surface area (Å²) in [7, 11) is 4.06. The summed E-state index contributed by atoms with van der Waals surface area (Å²) in [6.07, 6.45) is 1.64. The minimum absolute atomic E-state index is 0.219. The summed E-state index contributed by atoms with van der Waals surface area (Å²) >= 11 is 6.17. The van der Waals surface area contributed by atoms with Crippen LogP contribution in [0.3, 0.4) is 0 Å². The van der Waals surface area contributed by atoms with E-state index in [0.717, 1.165) is 23.2 Å². The van der Waals surface area contributed by atoms with Crippen molar-refractivity contribution < 1.29 is 4.79 Å². The highest BCUT2D eigenvalue weighted by atomic mass is 35.5. The fraction of sp³-hybridized carbons (Fsp3) is 0.182. The van der Waals surface area contributed by atoms with Crippen molar-refractivity contribution in [3.63, 3.8) is 0 Å². The Morgan fingerprint density at radius 1 is 1.07 bits per heavy atom. The maximum Gasteiger partial charge on any atom is 0.270 e. The van der Waals surface area contributed by atoms with Gasteiger partial charge in [-0.1, -0.05) is 54.1 Å². The Bertz CT molecular complexity index is 940. The van der Waals surface area contributed by atoms with Gasteiger partial charge >= 0.3 is 0 Å². The van der Waals surface area contributed by atoms with Gasteiger partial charge in [0.15, 0.2) is 0 Å². The molecule has 0 aliphatic heterocycles. The molecule has 138 valence electrons. The second kappa shape index (κ2) is 8.80. The zero-order valence-electron chi connectivity index (χ0n) is 15.4. The van der Waals surface area contributed by atoms with Crippen LogP contribution >= 0.6 is 11.6 Å². The van der Waals surface area contributed by atoms with Crippen molar-refractivity contribution in [2.45, 2.75) is 13.1 Å². The van der Waals surface area contributed by atoms with Crippen LogP contribution in [0.1, 0.15) is 21.6 Å². The van der Waals surface area contributed by atoms with Crippen molar-refractivity contribution in [2.24, 2.45) is 0 Å². The van der Waals surface area contributed by atoms with Gasteiger partial charge in [0.25, 0.3) is 5.91 Å². The van der Waals surface area contributed by atoms with Gasteiger partial charge in [0.2, 0.25) is 0 Å². The SMILES string of the molecule is CN(C)Cc1cccc(-c2cccnc2C(=O)NCc2ccccc2Cl)c1. The smallest absolute Gasteiger partial charge is 0.270 e. The number of rotatable bonds is 6. The first kappa shape index (κ1) is 19.1. The number of nitrogens with zero attached hydrogens (tertiary/aromatic N) is 2. The summed E-state index contributed by atoms with van der Waals surface area (Å²) in [5, 5.41) is 3.55. The van der Waals surface area contributed by atoms with E-state index in [9.17, 15) is 4.79 Å². The number of aromatic nitrogens is 1. The van der Waals surface area contributed by atoms with E-state index >= 15 is 0 Å². The van der Waals surface area contributed by atoms with Crippen molar-refractivity contribution in [3.8, 4) is 11.1 Å². The number of benzene rings is 2. The number of halogens is 1. The van der Waals surface area contributed by atoms with Gasteiger partial charge in [0, 0.05) is 29.9 Å². The van der Waals surface area contributed by atoms with E-state index in [1.54, 1.807) is 6.20 Å². The Hall–Kier alpha value is -2.69. The summed E-state index contributed by atoms with van der Waals surface area (Å²) in [6, 6.07) is 19.4. The van der Waals surface area contributed by atoms with Crippen LogP contribution in [-0.2, 0) is 13.1 Å². The first-order chi connectivity index (χ1) is 13.0. The van der Waals surface area contributed by atoms with E-state index in [4.69, 9.17) is 11.6 Å². The molecule has 1 N–H and O–H groups in total. The molecule has 2 aromatic carbocycles. The molecule has 0 saturated heterocycles. The van der Waals surface area contributed by atoms with Crippen LogP contribution < -0.4 is 5.32 Å². The van der Waals surface area contributed by atoms with E-state index < -0.39 is 0 Å². The number of pyridine rings is 1. The Morgan fingerprint density at radius 3 is 2.67 bits per heavy atom. The highest BCUT2D eigenvalue weighted by Crippen LogP contribution is 2.24. The number of nitrogens with one attached hydrogen (secondary N) is 1. The molecule has 0 aliphatic carbocycles. The van der Waals surface area contributed by atoms with Crippen molar-refractivity contribution in [1.29, 1.82) is 0 Å². The van der Waals surface area contributed by atoms with Crippen molar-refractivity contribution in [2.75, 3.05) is 14.1 Å². The van der Waals surface area contributed by atoms with Crippen LogP contribution in [0.4, 0.5) is 0 Å². The highest BCUT2D eigenvalue weighted by molar-refractivity contribution is 6.31. The van der Waals surface area contributed by atoms with Gasteiger partial charge in [0.1, 0.15) is 5.69 Å².